The van der Waals surface area contributed by atoms with E-state index < -0.39 is 0 Å². The van der Waals surface area contributed by atoms with E-state index in [1.807, 2.05) is 0 Å². The van der Waals surface area contributed by atoms with Crippen LogP contribution in [0.2, 0.25) is 0 Å². The fourth-order valence-electron chi connectivity index (χ4n) is 5.08. The zero-order valence-electron chi connectivity index (χ0n) is 16.9. The highest BCUT2D eigenvalue weighted by molar-refractivity contribution is 6.04. The van der Waals surface area contributed by atoms with Gasteiger partial charge in [0.2, 0.25) is 5.69 Å². The molecular weight excluding hydrogens is 354 g/mol. The van der Waals surface area contributed by atoms with Gasteiger partial charge in [-0.15, -0.1) is 0 Å². The number of fused-ring (bicyclic) bond motifs is 6. The van der Waals surface area contributed by atoms with Gasteiger partial charge in [-0.05, 0) is 41.8 Å². The van der Waals surface area contributed by atoms with Crippen LogP contribution in [0.1, 0.15) is 22.6 Å². The first-order valence-electron chi connectivity index (χ1n) is 10.1. The van der Waals surface area contributed by atoms with Gasteiger partial charge in [0.25, 0.3) is 0 Å². The van der Waals surface area contributed by atoms with Crippen molar-refractivity contribution < 1.29 is 4.57 Å². The molecule has 5 aromatic rings. The molecule has 0 unspecified atom stereocenters. The number of aromatic nitrogens is 3. The molecule has 0 fully saturated rings. The highest BCUT2D eigenvalue weighted by Crippen LogP contribution is 2.43. The Bertz CT molecular complexity index is 1460. The standard InChI is InChI=1S/C26H22N3/c1-16-15-29-23(27-16)14-22-24(17(2)19-9-6-7-11-21(19)25(22)29)26-20-10-5-4-8-18(20)12-13-28(26)3/h4-13,15H,14H2,1-3H3/q+1. The molecule has 6 rings (SSSR count). The molecule has 1 aliphatic heterocycles. The van der Waals surface area contributed by atoms with E-state index in [4.69, 9.17) is 4.98 Å². The maximum atomic E-state index is 4.82. The largest absolute Gasteiger partial charge is 0.302 e. The first-order chi connectivity index (χ1) is 14.1. The van der Waals surface area contributed by atoms with Crippen LogP contribution >= 0.6 is 0 Å². The molecule has 140 valence electrons. The third kappa shape index (κ3) is 2.18. The zero-order valence-corrected chi connectivity index (χ0v) is 16.9. The van der Waals surface area contributed by atoms with Crippen LogP contribution < -0.4 is 4.57 Å². The van der Waals surface area contributed by atoms with Crippen LogP contribution in [-0.4, -0.2) is 9.55 Å². The Morgan fingerprint density at radius 3 is 2.45 bits per heavy atom. The van der Waals surface area contributed by atoms with Crippen molar-refractivity contribution in [3.63, 3.8) is 0 Å². The Balaban J connectivity index is 1.82. The Labute approximate surface area is 169 Å². The molecular formula is C26H22N3+. The summed E-state index contributed by atoms with van der Waals surface area (Å²) in [5.41, 5.74) is 7.73. The topological polar surface area (TPSA) is 21.7 Å². The summed E-state index contributed by atoms with van der Waals surface area (Å²) in [5, 5.41) is 5.18. The van der Waals surface area contributed by atoms with E-state index in [0.29, 0.717) is 0 Å². The molecule has 0 aliphatic carbocycles. The molecule has 0 N–H and O–H groups in total. The van der Waals surface area contributed by atoms with E-state index in [2.05, 4.69) is 97.0 Å². The van der Waals surface area contributed by atoms with Crippen LogP contribution in [0, 0.1) is 13.8 Å². The van der Waals surface area contributed by atoms with Crippen molar-refractivity contribution in [3.8, 4) is 16.9 Å². The van der Waals surface area contributed by atoms with Gasteiger partial charge in [-0.2, -0.15) is 0 Å². The van der Waals surface area contributed by atoms with Crippen molar-refractivity contribution >= 4 is 21.5 Å². The van der Waals surface area contributed by atoms with E-state index in [1.165, 1.54) is 49.6 Å². The fourth-order valence-corrected chi connectivity index (χ4v) is 5.08. The molecule has 3 nitrogen and oxygen atoms in total. The normalized spacial score (nSPS) is 12.5. The molecule has 0 radical (unpaired) electrons. The first-order valence-corrected chi connectivity index (χ1v) is 10.1. The predicted octanol–water partition coefficient (Wildman–Crippen LogP) is 5.19. The van der Waals surface area contributed by atoms with Crippen LogP contribution in [0.3, 0.4) is 0 Å². The summed E-state index contributed by atoms with van der Waals surface area (Å²) in [6.07, 6.45) is 5.22. The Hall–Kier alpha value is -3.46. The molecule has 0 atom stereocenters. The van der Waals surface area contributed by atoms with Gasteiger partial charge in [0.15, 0.2) is 6.20 Å². The van der Waals surface area contributed by atoms with Gasteiger partial charge in [0.05, 0.1) is 22.3 Å². The molecule has 1 aliphatic rings. The Morgan fingerprint density at radius 2 is 1.62 bits per heavy atom. The lowest BCUT2D eigenvalue weighted by atomic mass is 9.88. The van der Waals surface area contributed by atoms with Gasteiger partial charge >= 0.3 is 0 Å². The monoisotopic (exact) mass is 376 g/mol. The van der Waals surface area contributed by atoms with Crippen molar-refractivity contribution in [3.05, 3.63) is 89.6 Å². The average Bonchev–Trinajstić information content (AvgIpc) is 3.25. The first kappa shape index (κ1) is 16.5. The van der Waals surface area contributed by atoms with Crippen molar-refractivity contribution in [1.29, 1.82) is 0 Å². The summed E-state index contributed by atoms with van der Waals surface area (Å²) < 4.78 is 4.58. The molecule has 0 saturated heterocycles. The summed E-state index contributed by atoms with van der Waals surface area (Å²) in [6.45, 7) is 4.35. The number of aryl methyl sites for hydroxylation is 3. The molecule has 3 heterocycles. The van der Waals surface area contributed by atoms with E-state index >= 15 is 0 Å². The van der Waals surface area contributed by atoms with E-state index in [-0.39, 0.29) is 0 Å². The smallest absolute Gasteiger partial charge is 0.220 e. The quantitative estimate of drug-likeness (QED) is 0.362. The molecule has 0 saturated carbocycles. The summed E-state index contributed by atoms with van der Waals surface area (Å²) in [5.74, 6) is 1.14. The third-order valence-corrected chi connectivity index (χ3v) is 6.31. The van der Waals surface area contributed by atoms with Crippen molar-refractivity contribution in [2.24, 2.45) is 7.05 Å². The Kier molecular flexibility index (Phi) is 3.28. The number of hydrogen-bond donors (Lipinski definition) is 0. The van der Waals surface area contributed by atoms with Crippen molar-refractivity contribution in [2.45, 2.75) is 20.3 Å². The van der Waals surface area contributed by atoms with Gasteiger partial charge in [-0.1, -0.05) is 42.5 Å². The van der Waals surface area contributed by atoms with Crippen molar-refractivity contribution in [2.75, 3.05) is 0 Å². The van der Waals surface area contributed by atoms with Crippen LogP contribution in [0.5, 0.6) is 0 Å². The predicted molar refractivity (Wildman–Crippen MR) is 117 cm³/mol. The molecule has 29 heavy (non-hydrogen) atoms. The average molecular weight is 376 g/mol. The van der Waals surface area contributed by atoms with Crippen LogP contribution in [0.15, 0.2) is 67.0 Å². The number of nitrogens with zero attached hydrogens (tertiary/aromatic N) is 3. The minimum atomic E-state index is 0.868. The summed E-state index contributed by atoms with van der Waals surface area (Å²) >= 11 is 0. The molecule has 0 amide bonds. The van der Waals surface area contributed by atoms with E-state index in [0.717, 1.165) is 17.9 Å². The summed E-state index contributed by atoms with van der Waals surface area (Å²) in [6, 6.07) is 19.7. The number of imidazole rings is 1. The fraction of sp³-hybridized carbons (Fsp3) is 0.154. The Morgan fingerprint density at radius 1 is 0.897 bits per heavy atom. The third-order valence-electron chi connectivity index (χ3n) is 6.31. The molecule has 0 bridgehead atoms. The van der Waals surface area contributed by atoms with Gasteiger partial charge in [-0.3, -0.25) is 0 Å². The van der Waals surface area contributed by atoms with Gasteiger partial charge in [0.1, 0.15) is 12.9 Å². The minimum absolute atomic E-state index is 0.868. The highest BCUT2D eigenvalue weighted by atomic mass is 15.1. The molecule has 3 heteroatoms. The van der Waals surface area contributed by atoms with Crippen LogP contribution in [0.4, 0.5) is 0 Å². The number of benzene rings is 3. The molecule has 3 aromatic carbocycles. The van der Waals surface area contributed by atoms with Crippen LogP contribution in [0.25, 0.3) is 38.5 Å². The lowest BCUT2D eigenvalue weighted by Gasteiger charge is -2.17. The highest BCUT2D eigenvalue weighted by Gasteiger charge is 2.31. The molecule has 0 spiro atoms. The number of rotatable bonds is 1. The lowest BCUT2D eigenvalue weighted by molar-refractivity contribution is -0.659. The van der Waals surface area contributed by atoms with Crippen LogP contribution in [-0.2, 0) is 13.5 Å². The summed E-state index contributed by atoms with van der Waals surface area (Å²) in [4.78, 5) is 4.82. The second-order valence-corrected chi connectivity index (χ2v) is 8.08. The number of pyridine rings is 1. The zero-order chi connectivity index (χ0) is 19.7. The molecule has 2 aromatic heterocycles. The van der Waals surface area contributed by atoms with E-state index in [9.17, 15) is 0 Å². The maximum absolute atomic E-state index is 4.82. The summed E-state index contributed by atoms with van der Waals surface area (Å²) in [7, 11) is 2.15. The second kappa shape index (κ2) is 5.77. The lowest BCUT2D eigenvalue weighted by Crippen LogP contribution is -2.31. The van der Waals surface area contributed by atoms with Gasteiger partial charge < -0.3 is 4.57 Å². The van der Waals surface area contributed by atoms with Gasteiger partial charge in [-0.25, -0.2) is 9.55 Å². The van der Waals surface area contributed by atoms with E-state index in [1.54, 1.807) is 0 Å². The number of hydrogen-bond acceptors (Lipinski definition) is 1. The van der Waals surface area contributed by atoms with Gasteiger partial charge in [0, 0.05) is 24.1 Å². The van der Waals surface area contributed by atoms with Crippen molar-refractivity contribution in [1.82, 2.24) is 9.55 Å². The maximum Gasteiger partial charge on any atom is 0.220 e. The second-order valence-electron chi connectivity index (χ2n) is 8.08. The SMILES string of the molecule is Cc1cn2c(n1)Cc1c(-c3c4ccccc4cc[n+]3C)c(C)c3ccccc3c1-2. The minimum Gasteiger partial charge on any atom is -0.302 e.